The number of ether oxygens (including phenoxy) is 1. The number of aryl methyl sites for hydroxylation is 1. The first-order valence-electron chi connectivity index (χ1n) is 11.5. The molecule has 0 spiro atoms. The summed E-state index contributed by atoms with van der Waals surface area (Å²) in [4.78, 5) is 21.9. The van der Waals surface area contributed by atoms with E-state index in [4.69, 9.17) is 15.1 Å². The molecule has 2 N–H and O–H groups in total. The number of aromatic nitrogens is 6. The van der Waals surface area contributed by atoms with Crippen LogP contribution in [0.3, 0.4) is 0 Å². The number of nitrogens with one attached hydrogen (secondary N) is 2. The van der Waals surface area contributed by atoms with Crippen LogP contribution in [-0.2, 0) is 5.75 Å². The molecule has 0 saturated carbocycles. The zero-order chi connectivity index (χ0) is 25.4. The Morgan fingerprint density at radius 3 is 2.54 bits per heavy atom. The first kappa shape index (κ1) is 22.7. The summed E-state index contributed by atoms with van der Waals surface area (Å²) in [6.45, 7) is 1.87. The van der Waals surface area contributed by atoms with Crippen LogP contribution in [0.15, 0.2) is 95.0 Å². The van der Waals surface area contributed by atoms with Gasteiger partial charge < -0.3 is 4.74 Å². The number of pyridine rings is 1. The van der Waals surface area contributed by atoms with Crippen molar-refractivity contribution >= 4 is 28.4 Å². The molecule has 4 heterocycles. The zero-order valence-electron chi connectivity index (χ0n) is 19.8. The quantitative estimate of drug-likeness (QED) is 0.251. The third-order valence-electron chi connectivity index (χ3n) is 5.83. The van der Waals surface area contributed by atoms with E-state index in [9.17, 15) is 4.79 Å². The Morgan fingerprint density at radius 1 is 0.973 bits per heavy atom. The van der Waals surface area contributed by atoms with Crippen molar-refractivity contribution in [3.05, 3.63) is 112 Å². The van der Waals surface area contributed by atoms with E-state index < -0.39 is 0 Å². The van der Waals surface area contributed by atoms with Crippen molar-refractivity contribution < 1.29 is 4.74 Å². The second kappa shape index (κ2) is 9.40. The second-order valence-corrected chi connectivity index (χ2v) is 9.28. The maximum absolute atomic E-state index is 12.5. The van der Waals surface area contributed by atoms with Crippen molar-refractivity contribution in [2.75, 3.05) is 0 Å². The van der Waals surface area contributed by atoms with Crippen molar-refractivity contribution in [3.8, 4) is 17.2 Å². The lowest BCUT2D eigenvalue weighted by atomic mass is 10.2. The van der Waals surface area contributed by atoms with Gasteiger partial charge in [0, 0.05) is 29.4 Å². The number of para-hydroxylation sites is 1. The number of hydrogen-bond donors (Lipinski definition) is 2. The monoisotopic (exact) mass is 507 g/mol. The third kappa shape index (κ3) is 4.38. The Hall–Kier alpha value is -4.70. The number of rotatable bonds is 6. The van der Waals surface area contributed by atoms with Gasteiger partial charge in [0.25, 0.3) is 5.56 Å². The molecule has 9 nitrogen and oxygen atoms in total. The summed E-state index contributed by atoms with van der Waals surface area (Å²) in [5.41, 5.74) is 3.33. The Morgan fingerprint density at radius 2 is 1.73 bits per heavy atom. The highest BCUT2D eigenvalue weighted by Gasteiger charge is 2.16. The fourth-order valence-electron chi connectivity index (χ4n) is 4.07. The van der Waals surface area contributed by atoms with Gasteiger partial charge in [0.05, 0.1) is 11.1 Å². The van der Waals surface area contributed by atoms with E-state index in [1.807, 2.05) is 67.6 Å². The van der Waals surface area contributed by atoms with Crippen LogP contribution < -0.4 is 15.8 Å². The number of hydrogen-bond acceptors (Lipinski definition) is 7. The van der Waals surface area contributed by atoms with Gasteiger partial charge in [-0.2, -0.15) is 5.10 Å². The summed E-state index contributed by atoms with van der Waals surface area (Å²) in [6.07, 6.45) is 1.70. The minimum absolute atomic E-state index is 0.143. The molecule has 0 amide bonds. The molecule has 0 atom stereocenters. The molecule has 0 saturated heterocycles. The molecule has 6 aromatic rings. The summed E-state index contributed by atoms with van der Waals surface area (Å²) in [5.74, 6) is 1.83. The maximum atomic E-state index is 12.5. The summed E-state index contributed by atoms with van der Waals surface area (Å²) in [7, 11) is 0. The summed E-state index contributed by atoms with van der Waals surface area (Å²) in [6, 6.07) is 24.0. The van der Waals surface area contributed by atoms with Gasteiger partial charge in [0.1, 0.15) is 22.6 Å². The van der Waals surface area contributed by atoms with Crippen LogP contribution in [-0.4, -0.2) is 29.1 Å². The standard InChI is InChI=1S/C27H21N7O2S/c1-17-24-25(28)34(19-10-12-21(13-11-19)36-20-7-3-2-4-8-20)27(30-26(24)32-31-17)37-16-18-15-23(35)33-14-6-5-9-22(33)29-18/h2-15,28H,16H2,1H3,(H,31,32). The number of thioether (sulfide) groups is 1. The molecule has 182 valence electrons. The van der Waals surface area contributed by atoms with E-state index >= 15 is 0 Å². The predicted octanol–water partition coefficient (Wildman–Crippen LogP) is 4.63. The van der Waals surface area contributed by atoms with E-state index in [0.717, 1.165) is 17.1 Å². The average molecular weight is 508 g/mol. The van der Waals surface area contributed by atoms with Crippen molar-refractivity contribution in [1.82, 2.24) is 29.1 Å². The highest BCUT2D eigenvalue weighted by molar-refractivity contribution is 7.98. The van der Waals surface area contributed by atoms with E-state index in [0.29, 0.717) is 39.0 Å². The van der Waals surface area contributed by atoms with E-state index in [-0.39, 0.29) is 11.0 Å². The largest absolute Gasteiger partial charge is 0.457 e. The van der Waals surface area contributed by atoms with Crippen LogP contribution >= 0.6 is 11.8 Å². The lowest BCUT2D eigenvalue weighted by Crippen LogP contribution is -2.22. The van der Waals surface area contributed by atoms with E-state index in [2.05, 4.69) is 15.2 Å². The highest BCUT2D eigenvalue weighted by atomic mass is 32.2. The molecule has 2 aromatic carbocycles. The minimum Gasteiger partial charge on any atom is -0.457 e. The fraction of sp³-hybridized carbons (Fsp3) is 0.0741. The number of H-pyrrole nitrogens is 1. The van der Waals surface area contributed by atoms with Gasteiger partial charge in [-0.3, -0.25) is 24.3 Å². The predicted molar refractivity (Wildman–Crippen MR) is 141 cm³/mol. The average Bonchev–Trinajstić information content (AvgIpc) is 3.29. The molecule has 0 bridgehead atoms. The lowest BCUT2D eigenvalue weighted by molar-refractivity contribution is 0.482. The van der Waals surface area contributed by atoms with Crippen molar-refractivity contribution in [2.24, 2.45) is 0 Å². The van der Waals surface area contributed by atoms with Crippen molar-refractivity contribution in [3.63, 3.8) is 0 Å². The Kier molecular flexibility index (Phi) is 5.78. The molecule has 4 aromatic heterocycles. The van der Waals surface area contributed by atoms with Gasteiger partial charge >= 0.3 is 0 Å². The second-order valence-electron chi connectivity index (χ2n) is 8.34. The van der Waals surface area contributed by atoms with Crippen LogP contribution in [0, 0.1) is 12.3 Å². The number of fused-ring (bicyclic) bond motifs is 2. The molecule has 10 heteroatoms. The molecule has 0 fully saturated rings. The summed E-state index contributed by atoms with van der Waals surface area (Å²) in [5, 5.41) is 17.4. The van der Waals surface area contributed by atoms with Gasteiger partial charge in [-0.05, 0) is 55.5 Å². The first-order chi connectivity index (χ1) is 18.1. The van der Waals surface area contributed by atoms with Gasteiger partial charge in [-0.15, -0.1) is 0 Å². The van der Waals surface area contributed by atoms with Gasteiger partial charge in [-0.1, -0.05) is 36.0 Å². The molecule has 0 aliphatic heterocycles. The van der Waals surface area contributed by atoms with Gasteiger partial charge in [0.15, 0.2) is 10.8 Å². The highest BCUT2D eigenvalue weighted by Crippen LogP contribution is 2.26. The Bertz CT molecular complexity index is 1860. The summed E-state index contributed by atoms with van der Waals surface area (Å²) >= 11 is 1.39. The molecular weight excluding hydrogens is 486 g/mol. The maximum Gasteiger partial charge on any atom is 0.258 e. The molecule has 0 radical (unpaired) electrons. The van der Waals surface area contributed by atoms with E-state index in [1.165, 1.54) is 22.2 Å². The lowest BCUT2D eigenvalue weighted by Gasteiger charge is -2.14. The van der Waals surface area contributed by atoms with Crippen LogP contribution in [0.25, 0.3) is 22.4 Å². The topological polar surface area (TPSA) is 114 Å². The first-order valence-corrected chi connectivity index (χ1v) is 12.5. The normalized spacial score (nSPS) is 11.3. The molecule has 0 aliphatic rings. The molecule has 0 unspecified atom stereocenters. The van der Waals surface area contributed by atoms with Gasteiger partial charge in [0.2, 0.25) is 0 Å². The van der Waals surface area contributed by atoms with Crippen LogP contribution in [0.5, 0.6) is 11.5 Å². The Balaban J connectivity index is 1.38. The minimum atomic E-state index is -0.143. The van der Waals surface area contributed by atoms with Crippen LogP contribution in [0.1, 0.15) is 11.4 Å². The molecular formula is C27H21N7O2S. The summed E-state index contributed by atoms with van der Waals surface area (Å²) < 4.78 is 9.21. The number of aromatic amines is 1. The smallest absolute Gasteiger partial charge is 0.258 e. The van der Waals surface area contributed by atoms with Crippen molar-refractivity contribution in [1.29, 1.82) is 5.41 Å². The molecule has 37 heavy (non-hydrogen) atoms. The molecule has 0 aliphatic carbocycles. The zero-order valence-corrected chi connectivity index (χ0v) is 20.6. The van der Waals surface area contributed by atoms with Crippen LogP contribution in [0.2, 0.25) is 0 Å². The SMILES string of the molecule is Cc1[nH]nc2nc(SCc3cc(=O)n4ccccc4n3)n(-c3ccc(Oc4ccccc4)cc3)c(=N)c12. The molecule has 6 rings (SSSR count). The number of benzene rings is 2. The van der Waals surface area contributed by atoms with Crippen molar-refractivity contribution in [2.45, 2.75) is 17.8 Å². The number of nitrogens with zero attached hydrogens (tertiary/aromatic N) is 5. The Labute approximate surface area is 214 Å². The third-order valence-corrected chi connectivity index (χ3v) is 6.80. The van der Waals surface area contributed by atoms with Gasteiger partial charge in [-0.25, -0.2) is 9.97 Å². The van der Waals surface area contributed by atoms with Crippen LogP contribution in [0.4, 0.5) is 0 Å². The fourth-order valence-corrected chi connectivity index (χ4v) is 4.97. The van der Waals surface area contributed by atoms with E-state index in [1.54, 1.807) is 22.9 Å².